The first-order valence-electron chi connectivity index (χ1n) is 8.73. The van der Waals surface area contributed by atoms with E-state index >= 15 is 0 Å². The minimum absolute atomic E-state index is 0.0411. The average molecular weight is 347 g/mol. The molecular weight excluding hydrogens is 322 g/mol. The number of rotatable bonds is 4. The topological polar surface area (TPSA) is 76.1 Å². The van der Waals surface area contributed by atoms with Crippen molar-refractivity contribution in [3.05, 3.63) is 28.8 Å². The molecule has 1 N–H and O–H groups in total. The summed E-state index contributed by atoms with van der Waals surface area (Å²) in [6.07, 6.45) is 3.09. The molecule has 6 nitrogen and oxygen atoms in total. The Bertz CT molecular complexity index is 655. The van der Waals surface area contributed by atoms with E-state index in [1.807, 2.05) is 18.7 Å². The Morgan fingerprint density at radius 1 is 1.20 bits per heavy atom. The first-order valence-corrected chi connectivity index (χ1v) is 8.73. The second-order valence-electron chi connectivity index (χ2n) is 7.21. The number of aryl methyl sites for hydroxylation is 2. The Labute approximate surface area is 147 Å². The third-order valence-electron chi connectivity index (χ3n) is 5.33. The molecule has 2 heterocycles. The lowest BCUT2D eigenvalue weighted by molar-refractivity contribution is -0.139. The molecule has 0 aliphatic carbocycles. The van der Waals surface area contributed by atoms with E-state index in [0.717, 1.165) is 56.7 Å². The molecule has 2 saturated heterocycles. The molecule has 0 unspecified atom stereocenters. The summed E-state index contributed by atoms with van der Waals surface area (Å²) < 4.78 is 10.8. The van der Waals surface area contributed by atoms with Gasteiger partial charge < -0.3 is 19.5 Å². The molecule has 0 aromatic heterocycles. The van der Waals surface area contributed by atoms with Crippen molar-refractivity contribution in [3.8, 4) is 5.75 Å². The molecule has 0 saturated carbocycles. The molecule has 3 rings (SSSR count). The van der Waals surface area contributed by atoms with Gasteiger partial charge in [0.1, 0.15) is 5.75 Å². The summed E-state index contributed by atoms with van der Waals surface area (Å²) in [6, 6.07) is 3.59. The van der Waals surface area contributed by atoms with Crippen LogP contribution >= 0.6 is 0 Å². The molecule has 2 aliphatic heterocycles. The molecule has 2 aliphatic rings. The number of hydrogen-bond donors (Lipinski definition) is 1. The standard InChI is InChI=1S/C19H25NO5/c1-13-9-15(10-14(2)17(13)25-11-16(21)22)18(23)20-6-3-19(12-20)4-7-24-8-5-19/h9-10H,3-8,11-12H2,1-2H3,(H,21,22). The summed E-state index contributed by atoms with van der Waals surface area (Å²) in [5.74, 6) is -0.432. The van der Waals surface area contributed by atoms with Crippen molar-refractivity contribution < 1.29 is 24.2 Å². The zero-order valence-electron chi connectivity index (χ0n) is 14.8. The van der Waals surface area contributed by atoms with Crippen LogP contribution in [0, 0.1) is 19.3 Å². The van der Waals surface area contributed by atoms with Crippen molar-refractivity contribution in [2.24, 2.45) is 5.41 Å². The smallest absolute Gasteiger partial charge is 0.341 e. The van der Waals surface area contributed by atoms with Crippen LogP contribution in [0.5, 0.6) is 5.75 Å². The largest absolute Gasteiger partial charge is 0.481 e. The van der Waals surface area contributed by atoms with Crippen LogP contribution in [-0.4, -0.2) is 54.8 Å². The Morgan fingerprint density at radius 2 is 1.84 bits per heavy atom. The number of likely N-dealkylation sites (tertiary alicyclic amines) is 1. The summed E-state index contributed by atoms with van der Waals surface area (Å²) in [7, 11) is 0. The lowest BCUT2D eigenvalue weighted by Crippen LogP contribution is -2.35. The molecule has 6 heteroatoms. The maximum Gasteiger partial charge on any atom is 0.341 e. The highest BCUT2D eigenvalue weighted by atomic mass is 16.5. The van der Waals surface area contributed by atoms with Crippen LogP contribution in [0.2, 0.25) is 0 Å². The third kappa shape index (κ3) is 3.79. The van der Waals surface area contributed by atoms with Gasteiger partial charge >= 0.3 is 5.97 Å². The summed E-state index contributed by atoms with van der Waals surface area (Å²) in [5.41, 5.74) is 2.43. The quantitative estimate of drug-likeness (QED) is 0.905. The van der Waals surface area contributed by atoms with Gasteiger partial charge in [0.25, 0.3) is 5.91 Å². The molecule has 0 bridgehead atoms. The first-order chi connectivity index (χ1) is 11.9. The molecule has 1 spiro atoms. The van der Waals surface area contributed by atoms with Crippen molar-refractivity contribution >= 4 is 11.9 Å². The van der Waals surface area contributed by atoms with Crippen LogP contribution in [0.1, 0.15) is 40.7 Å². The van der Waals surface area contributed by atoms with Crippen LogP contribution in [0.3, 0.4) is 0 Å². The van der Waals surface area contributed by atoms with Crippen molar-refractivity contribution in [2.75, 3.05) is 32.9 Å². The minimum atomic E-state index is -1.02. The molecule has 0 atom stereocenters. The number of hydrogen-bond acceptors (Lipinski definition) is 4. The fraction of sp³-hybridized carbons (Fsp3) is 0.579. The summed E-state index contributed by atoms with van der Waals surface area (Å²) in [5, 5.41) is 8.77. The number of carboxylic acid groups (broad SMARTS) is 1. The van der Waals surface area contributed by atoms with E-state index in [0.29, 0.717) is 11.3 Å². The van der Waals surface area contributed by atoms with Crippen LogP contribution < -0.4 is 4.74 Å². The molecule has 1 aromatic carbocycles. The minimum Gasteiger partial charge on any atom is -0.481 e. The van der Waals surface area contributed by atoms with Crippen molar-refractivity contribution in [3.63, 3.8) is 0 Å². The lowest BCUT2D eigenvalue weighted by atomic mass is 9.80. The highest BCUT2D eigenvalue weighted by molar-refractivity contribution is 5.95. The van der Waals surface area contributed by atoms with Crippen LogP contribution in [0.25, 0.3) is 0 Å². The fourth-order valence-corrected chi connectivity index (χ4v) is 3.94. The van der Waals surface area contributed by atoms with Crippen LogP contribution in [0.15, 0.2) is 12.1 Å². The van der Waals surface area contributed by atoms with Gasteiger partial charge in [0.05, 0.1) is 0 Å². The van der Waals surface area contributed by atoms with Gasteiger partial charge in [-0.3, -0.25) is 4.79 Å². The maximum atomic E-state index is 12.9. The number of amides is 1. The molecular formula is C19H25NO5. The van der Waals surface area contributed by atoms with Gasteiger partial charge in [-0.05, 0) is 61.8 Å². The van der Waals surface area contributed by atoms with Crippen molar-refractivity contribution in [2.45, 2.75) is 33.1 Å². The maximum absolute atomic E-state index is 12.9. The average Bonchev–Trinajstić information content (AvgIpc) is 2.97. The number of carbonyl (C=O) groups excluding carboxylic acids is 1. The monoisotopic (exact) mass is 347 g/mol. The number of aliphatic carboxylic acids is 1. The molecule has 1 aromatic rings. The predicted molar refractivity (Wildman–Crippen MR) is 92.1 cm³/mol. The zero-order chi connectivity index (χ0) is 18.0. The van der Waals surface area contributed by atoms with Crippen molar-refractivity contribution in [1.82, 2.24) is 4.90 Å². The number of carbonyl (C=O) groups is 2. The van der Waals surface area contributed by atoms with Crippen LogP contribution in [-0.2, 0) is 9.53 Å². The molecule has 136 valence electrons. The lowest BCUT2D eigenvalue weighted by Gasteiger charge is -2.33. The van der Waals surface area contributed by atoms with Crippen LogP contribution in [0.4, 0.5) is 0 Å². The van der Waals surface area contributed by atoms with Gasteiger partial charge in [-0.1, -0.05) is 0 Å². The first kappa shape index (κ1) is 17.7. The number of nitrogens with zero attached hydrogens (tertiary/aromatic N) is 1. The molecule has 25 heavy (non-hydrogen) atoms. The number of benzene rings is 1. The van der Waals surface area contributed by atoms with Gasteiger partial charge in [-0.25, -0.2) is 4.79 Å². The second-order valence-corrected chi connectivity index (χ2v) is 7.21. The normalized spacial score (nSPS) is 19.2. The van der Waals surface area contributed by atoms with E-state index in [-0.39, 0.29) is 17.9 Å². The molecule has 1 amide bonds. The number of ether oxygens (including phenoxy) is 2. The summed E-state index contributed by atoms with van der Waals surface area (Å²) >= 11 is 0. The van der Waals surface area contributed by atoms with Crippen molar-refractivity contribution in [1.29, 1.82) is 0 Å². The Balaban J connectivity index is 1.73. The Kier molecular flexibility index (Phi) is 4.99. The zero-order valence-corrected chi connectivity index (χ0v) is 14.8. The van der Waals surface area contributed by atoms with E-state index in [2.05, 4.69) is 0 Å². The SMILES string of the molecule is Cc1cc(C(=O)N2CCC3(CCOCC3)C2)cc(C)c1OCC(=O)O. The van der Waals surface area contributed by atoms with E-state index in [9.17, 15) is 9.59 Å². The summed E-state index contributed by atoms with van der Waals surface area (Å²) in [4.78, 5) is 25.6. The van der Waals surface area contributed by atoms with Gasteiger partial charge in [0, 0.05) is 31.9 Å². The number of carboxylic acids is 1. The van der Waals surface area contributed by atoms with E-state index in [1.165, 1.54) is 0 Å². The van der Waals surface area contributed by atoms with Gasteiger partial charge in [0.2, 0.25) is 0 Å². The van der Waals surface area contributed by atoms with Gasteiger partial charge in [0.15, 0.2) is 6.61 Å². The Morgan fingerprint density at radius 3 is 2.44 bits per heavy atom. The van der Waals surface area contributed by atoms with Gasteiger partial charge in [-0.2, -0.15) is 0 Å². The van der Waals surface area contributed by atoms with E-state index in [4.69, 9.17) is 14.6 Å². The van der Waals surface area contributed by atoms with E-state index < -0.39 is 5.97 Å². The predicted octanol–water partition coefficient (Wildman–Crippen LogP) is 2.41. The van der Waals surface area contributed by atoms with E-state index in [1.54, 1.807) is 12.1 Å². The Hall–Kier alpha value is -2.08. The second kappa shape index (κ2) is 7.04. The fourth-order valence-electron chi connectivity index (χ4n) is 3.94. The summed E-state index contributed by atoms with van der Waals surface area (Å²) in [6.45, 7) is 6.45. The third-order valence-corrected chi connectivity index (χ3v) is 5.33. The highest BCUT2D eigenvalue weighted by Gasteiger charge is 2.41. The van der Waals surface area contributed by atoms with Gasteiger partial charge in [-0.15, -0.1) is 0 Å². The molecule has 0 radical (unpaired) electrons. The molecule has 2 fully saturated rings. The highest BCUT2D eigenvalue weighted by Crippen LogP contribution is 2.40.